The van der Waals surface area contributed by atoms with Crippen LogP contribution in [0.3, 0.4) is 0 Å². The summed E-state index contributed by atoms with van der Waals surface area (Å²) in [6.45, 7) is 4.06. The Hall–Kier alpha value is -2.04. The van der Waals surface area contributed by atoms with Crippen LogP contribution in [0.25, 0.3) is 0 Å². The summed E-state index contributed by atoms with van der Waals surface area (Å²) in [7, 11) is -4.01. The molecule has 2 N–H and O–H groups in total. The number of sulfonamides is 1. The molecule has 0 unspecified atom stereocenters. The van der Waals surface area contributed by atoms with Crippen LogP contribution in [-0.4, -0.2) is 63.0 Å². The third-order valence-corrected chi connectivity index (χ3v) is 7.64. The van der Waals surface area contributed by atoms with Gasteiger partial charge in [-0.2, -0.15) is 0 Å². The number of ether oxygens (including phenoxy) is 1. The third kappa shape index (κ3) is 6.97. The Morgan fingerprint density at radius 2 is 1.79 bits per heavy atom. The number of carbonyl (C=O) groups excluding carboxylic acids is 2. The fraction of sp³-hybridized carbons (Fsp3) is 0.652. The van der Waals surface area contributed by atoms with Crippen LogP contribution >= 0.6 is 0 Å². The van der Waals surface area contributed by atoms with Crippen LogP contribution in [0.15, 0.2) is 29.2 Å². The minimum absolute atomic E-state index is 0.107. The smallest absolute Gasteiger partial charge is 0.243 e. The van der Waals surface area contributed by atoms with Gasteiger partial charge in [0.15, 0.2) is 0 Å². The van der Waals surface area contributed by atoms with E-state index >= 15 is 0 Å². The van der Waals surface area contributed by atoms with Gasteiger partial charge in [0, 0.05) is 19.2 Å². The van der Waals surface area contributed by atoms with E-state index in [4.69, 9.17) is 4.74 Å². The van der Waals surface area contributed by atoms with E-state index in [1.807, 2.05) is 13.8 Å². The van der Waals surface area contributed by atoms with Crippen molar-refractivity contribution in [3.63, 3.8) is 0 Å². The molecule has 184 valence electrons. The number of nitrogens with one attached hydrogen (secondary N) is 2. The molecular weight excluding hydrogens is 449 g/mol. The second-order valence-electron chi connectivity index (χ2n) is 9.14. The summed E-state index contributed by atoms with van der Waals surface area (Å²) < 4.78 is 46.3. The highest BCUT2D eigenvalue weighted by Gasteiger charge is 2.36. The molecule has 0 spiro atoms. The zero-order valence-electron chi connectivity index (χ0n) is 19.3. The van der Waals surface area contributed by atoms with Crippen molar-refractivity contribution in [2.45, 2.75) is 75.5 Å². The molecule has 1 heterocycles. The van der Waals surface area contributed by atoms with Gasteiger partial charge in [-0.1, -0.05) is 26.7 Å². The summed E-state index contributed by atoms with van der Waals surface area (Å²) >= 11 is 0. The van der Waals surface area contributed by atoms with Crippen LogP contribution in [0.1, 0.15) is 52.4 Å². The Kier molecular flexibility index (Phi) is 8.83. The lowest BCUT2D eigenvalue weighted by molar-refractivity contribution is -0.143. The van der Waals surface area contributed by atoms with Gasteiger partial charge in [-0.15, -0.1) is 0 Å². The van der Waals surface area contributed by atoms with Crippen molar-refractivity contribution in [3.8, 4) is 0 Å². The van der Waals surface area contributed by atoms with Crippen molar-refractivity contribution in [1.82, 2.24) is 14.9 Å². The monoisotopic (exact) mass is 483 g/mol. The number of carbonyl (C=O) groups is 2. The Balaban J connectivity index is 1.74. The van der Waals surface area contributed by atoms with Crippen molar-refractivity contribution >= 4 is 21.8 Å². The van der Waals surface area contributed by atoms with Gasteiger partial charge < -0.3 is 15.0 Å². The van der Waals surface area contributed by atoms with E-state index in [0.29, 0.717) is 6.61 Å². The van der Waals surface area contributed by atoms with Crippen LogP contribution in [0.2, 0.25) is 0 Å². The van der Waals surface area contributed by atoms with Crippen molar-refractivity contribution in [2.24, 2.45) is 5.92 Å². The van der Waals surface area contributed by atoms with Gasteiger partial charge in [0.25, 0.3) is 0 Å². The van der Waals surface area contributed by atoms with E-state index < -0.39 is 34.3 Å². The summed E-state index contributed by atoms with van der Waals surface area (Å²) in [6.07, 6.45) is 5.46. The van der Waals surface area contributed by atoms with Crippen LogP contribution in [0, 0.1) is 11.7 Å². The summed E-state index contributed by atoms with van der Waals surface area (Å²) in [5.41, 5.74) is 0. The van der Waals surface area contributed by atoms with E-state index in [9.17, 15) is 22.4 Å². The lowest BCUT2D eigenvalue weighted by Crippen LogP contribution is -2.57. The molecule has 2 amide bonds. The zero-order valence-corrected chi connectivity index (χ0v) is 20.1. The fourth-order valence-electron chi connectivity index (χ4n) is 4.49. The summed E-state index contributed by atoms with van der Waals surface area (Å²) in [4.78, 5) is 27.8. The van der Waals surface area contributed by atoms with Crippen molar-refractivity contribution < 1.29 is 27.1 Å². The minimum atomic E-state index is -4.01. The lowest BCUT2D eigenvalue weighted by atomic mass is 9.99. The van der Waals surface area contributed by atoms with Crippen molar-refractivity contribution in [3.05, 3.63) is 30.1 Å². The molecule has 8 nitrogen and oxygen atoms in total. The molecule has 1 aliphatic heterocycles. The topological polar surface area (TPSA) is 105 Å². The van der Waals surface area contributed by atoms with E-state index in [0.717, 1.165) is 62.8 Å². The van der Waals surface area contributed by atoms with Gasteiger partial charge in [0.05, 0.1) is 17.5 Å². The fourth-order valence-corrected chi connectivity index (χ4v) is 5.47. The van der Waals surface area contributed by atoms with Crippen molar-refractivity contribution in [2.75, 3.05) is 19.7 Å². The SMILES string of the molecule is CC(C)[C@@H](C(=O)NC1CCCC1)N(C[C@H]1CCCO1)C(=O)CNS(=O)(=O)c1ccc(F)cc1. The number of nitrogens with zero attached hydrogens (tertiary/aromatic N) is 1. The number of hydrogen-bond acceptors (Lipinski definition) is 5. The van der Waals surface area contributed by atoms with Crippen LogP contribution in [0.5, 0.6) is 0 Å². The maximum atomic E-state index is 13.3. The van der Waals surface area contributed by atoms with Gasteiger partial charge in [-0.05, 0) is 55.9 Å². The highest BCUT2D eigenvalue weighted by molar-refractivity contribution is 7.89. The summed E-state index contributed by atoms with van der Waals surface area (Å²) in [6, 6.07) is 3.73. The minimum Gasteiger partial charge on any atom is -0.376 e. The number of amides is 2. The number of benzene rings is 1. The molecule has 0 radical (unpaired) electrons. The summed E-state index contributed by atoms with van der Waals surface area (Å²) in [5, 5.41) is 3.08. The van der Waals surface area contributed by atoms with Gasteiger partial charge in [-0.25, -0.2) is 17.5 Å². The number of hydrogen-bond donors (Lipinski definition) is 2. The van der Waals surface area contributed by atoms with Crippen LogP contribution in [-0.2, 0) is 24.3 Å². The Morgan fingerprint density at radius 3 is 2.36 bits per heavy atom. The third-order valence-electron chi connectivity index (χ3n) is 6.22. The maximum Gasteiger partial charge on any atom is 0.243 e. The summed E-state index contributed by atoms with van der Waals surface area (Å²) in [5.74, 6) is -1.45. The van der Waals surface area contributed by atoms with Crippen LogP contribution < -0.4 is 10.0 Å². The van der Waals surface area contributed by atoms with Gasteiger partial charge in [0.2, 0.25) is 21.8 Å². The van der Waals surface area contributed by atoms with E-state index in [-0.39, 0.29) is 35.4 Å². The molecule has 10 heteroatoms. The molecule has 0 aromatic heterocycles. The first-order chi connectivity index (χ1) is 15.7. The maximum absolute atomic E-state index is 13.3. The standard InChI is InChI=1S/C23H34FN3O5S/c1-16(2)22(23(29)26-18-6-3-4-7-18)27(15-19-8-5-13-32-19)21(28)14-25-33(30,31)20-11-9-17(24)10-12-20/h9-12,16,18-19,22,25H,3-8,13-15H2,1-2H3,(H,26,29)/t19-,22+/m1/s1. The molecule has 1 saturated carbocycles. The molecule has 1 aliphatic carbocycles. The molecule has 2 aliphatic rings. The molecule has 2 fully saturated rings. The molecular formula is C23H34FN3O5S. The predicted molar refractivity (Wildman–Crippen MR) is 121 cm³/mol. The van der Waals surface area contributed by atoms with E-state index in [2.05, 4.69) is 10.0 Å². The van der Waals surface area contributed by atoms with Crippen LogP contribution in [0.4, 0.5) is 4.39 Å². The average Bonchev–Trinajstić information content (AvgIpc) is 3.46. The molecule has 0 bridgehead atoms. The van der Waals surface area contributed by atoms with E-state index in [1.54, 1.807) is 0 Å². The normalized spacial score (nSPS) is 20.2. The molecule has 1 aromatic carbocycles. The molecule has 1 saturated heterocycles. The first-order valence-electron chi connectivity index (χ1n) is 11.6. The first-order valence-corrected chi connectivity index (χ1v) is 13.1. The zero-order chi connectivity index (χ0) is 24.0. The van der Waals surface area contributed by atoms with Gasteiger partial charge in [0.1, 0.15) is 11.9 Å². The second-order valence-corrected chi connectivity index (χ2v) is 10.9. The second kappa shape index (κ2) is 11.4. The average molecular weight is 484 g/mol. The number of rotatable bonds is 10. The molecule has 1 aromatic rings. The Labute approximate surface area is 195 Å². The lowest BCUT2D eigenvalue weighted by Gasteiger charge is -2.35. The molecule has 2 atom stereocenters. The first kappa shape index (κ1) is 25.6. The number of halogens is 1. The Morgan fingerprint density at radius 1 is 1.12 bits per heavy atom. The molecule has 3 rings (SSSR count). The van der Waals surface area contributed by atoms with Crippen molar-refractivity contribution in [1.29, 1.82) is 0 Å². The van der Waals surface area contributed by atoms with Gasteiger partial charge in [-0.3, -0.25) is 9.59 Å². The largest absolute Gasteiger partial charge is 0.376 e. The van der Waals surface area contributed by atoms with Gasteiger partial charge >= 0.3 is 0 Å². The highest BCUT2D eigenvalue weighted by atomic mass is 32.2. The Bertz CT molecular complexity index is 911. The molecule has 33 heavy (non-hydrogen) atoms. The highest BCUT2D eigenvalue weighted by Crippen LogP contribution is 2.21. The predicted octanol–water partition coefficient (Wildman–Crippen LogP) is 2.20. The van der Waals surface area contributed by atoms with E-state index in [1.165, 1.54) is 4.90 Å². The quantitative estimate of drug-likeness (QED) is 0.531.